The number of hydrogen-bond acceptors (Lipinski definition) is 3. The van der Waals surface area contributed by atoms with Crippen LogP contribution in [0.5, 0.6) is 0 Å². The third-order valence-electron chi connectivity index (χ3n) is 3.39. The lowest BCUT2D eigenvalue weighted by Gasteiger charge is -2.09. The van der Waals surface area contributed by atoms with Crippen molar-refractivity contribution < 1.29 is 0 Å². The van der Waals surface area contributed by atoms with Gasteiger partial charge in [-0.1, -0.05) is 29.8 Å². The minimum absolute atomic E-state index is 0.572. The van der Waals surface area contributed by atoms with E-state index >= 15 is 0 Å². The lowest BCUT2D eigenvalue weighted by atomic mass is 10.1. The van der Waals surface area contributed by atoms with Crippen LogP contribution in [0.2, 0.25) is 0 Å². The van der Waals surface area contributed by atoms with Gasteiger partial charge >= 0.3 is 0 Å². The first-order valence-corrected chi connectivity index (χ1v) is 6.96. The Labute approximate surface area is 114 Å². The summed E-state index contributed by atoms with van der Waals surface area (Å²) in [6.45, 7) is 5.07. The molecule has 0 aliphatic heterocycles. The number of aromatic nitrogens is 2. The van der Waals surface area contributed by atoms with Crippen LogP contribution in [0.1, 0.15) is 37.1 Å². The summed E-state index contributed by atoms with van der Waals surface area (Å²) in [4.78, 5) is 9.33. The van der Waals surface area contributed by atoms with Gasteiger partial charge < -0.3 is 5.32 Å². The summed E-state index contributed by atoms with van der Waals surface area (Å²) in [6.07, 6.45) is 2.45. The Morgan fingerprint density at radius 3 is 2.53 bits per heavy atom. The third kappa shape index (κ3) is 2.75. The molecule has 0 bridgehead atoms. The first-order chi connectivity index (χ1) is 9.26. The topological polar surface area (TPSA) is 37.8 Å². The number of hydrogen-bond donors (Lipinski definition) is 1. The molecule has 0 amide bonds. The van der Waals surface area contributed by atoms with Crippen LogP contribution < -0.4 is 5.32 Å². The Bertz CT molecular complexity index is 571. The summed E-state index contributed by atoms with van der Waals surface area (Å²) in [7, 11) is 0. The molecular formula is C16H19N3. The highest BCUT2D eigenvalue weighted by Crippen LogP contribution is 2.39. The molecule has 1 aliphatic carbocycles. The van der Waals surface area contributed by atoms with Crippen molar-refractivity contribution in [3.8, 4) is 11.3 Å². The monoisotopic (exact) mass is 253 g/mol. The smallest absolute Gasteiger partial charge is 0.134 e. The molecule has 1 heterocycles. The molecule has 3 rings (SSSR count). The molecular weight excluding hydrogens is 234 g/mol. The third-order valence-corrected chi connectivity index (χ3v) is 3.39. The van der Waals surface area contributed by atoms with E-state index in [0.29, 0.717) is 5.92 Å². The molecule has 3 nitrogen and oxygen atoms in total. The van der Waals surface area contributed by atoms with E-state index in [1.807, 2.05) is 6.07 Å². The molecule has 1 aromatic carbocycles. The number of nitrogens with zero attached hydrogens (tertiary/aromatic N) is 2. The quantitative estimate of drug-likeness (QED) is 0.901. The van der Waals surface area contributed by atoms with Gasteiger partial charge in [-0.25, -0.2) is 9.97 Å². The standard InChI is InChI=1S/C16H19N3/c1-3-17-15-10-14(12-6-4-11(2)5-7-12)18-16(19-15)13-8-9-13/h4-7,10,13H,3,8-9H2,1-2H3,(H,17,18,19). The first-order valence-electron chi connectivity index (χ1n) is 6.96. The van der Waals surface area contributed by atoms with Gasteiger partial charge in [-0.2, -0.15) is 0 Å². The summed E-state index contributed by atoms with van der Waals surface area (Å²) >= 11 is 0. The van der Waals surface area contributed by atoms with Crippen LogP contribution in [0.3, 0.4) is 0 Å². The van der Waals surface area contributed by atoms with Crippen molar-refractivity contribution in [1.82, 2.24) is 9.97 Å². The van der Waals surface area contributed by atoms with E-state index < -0.39 is 0 Å². The maximum absolute atomic E-state index is 4.73. The van der Waals surface area contributed by atoms with Crippen LogP contribution in [0.25, 0.3) is 11.3 Å². The Hall–Kier alpha value is -1.90. The van der Waals surface area contributed by atoms with Crippen LogP contribution in [-0.2, 0) is 0 Å². The fraction of sp³-hybridized carbons (Fsp3) is 0.375. The zero-order chi connectivity index (χ0) is 13.2. The summed E-state index contributed by atoms with van der Waals surface area (Å²) in [5.41, 5.74) is 3.45. The predicted octanol–water partition coefficient (Wildman–Crippen LogP) is 3.76. The molecule has 1 N–H and O–H groups in total. The highest BCUT2D eigenvalue weighted by Gasteiger charge is 2.27. The molecule has 1 fully saturated rings. The van der Waals surface area contributed by atoms with Crippen LogP contribution in [0.15, 0.2) is 30.3 Å². The van der Waals surface area contributed by atoms with Crippen LogP contribution in [0.4, 0.5) is 5.82 Å². The average molecular weight is 253 g/mol. The summed E-state index contributed by atoms with van der Waals surface area (Å²) < 4.78 is 0. The van der Waals surface area contributed by atoms with E-state index in [2.05, 4.69) is 48.4 Å². The van der Waals surface area contributed by atoms with Crippen LogP contribution in [-0.4, -0.2) is 16.5 Å². The number of rotatable bonds is 4. The van der Waals surface area contributed by atoms with Gasteiger partial charge in [0.05, 0.1) is 5.69 Å². The van der Waals surface area contributed by atoms with E-state index in [1.54, 1.807) is 0 Å². The fourth-order valence-electron chi connectivity index (χ4n) is 2.13. The SMILES string of the molecule is CCNc1cc(-c2ccc(C)cc2)nc(C2CC2)n1. The zero-order valence-corrected chi connectivity index (χ0v) is 11.5. The maximum Gasteiger partial charge on any atom is 0.134 e. The van der Waals surface area contributed by atoms with Gasteiger partial charge in [0, 0.05) is 24.1 Å². The Morgan fingerprint density at radius 1 is 1.16 bits per heavy atom. The van der Waals surface area contributed by atoms with Crippen molar-refractivity contribution in [2.75, 3.05) is 11.9 Å². The van der Waals surface area contributed by atoms with E-state index in [9.17, 15) is 0 Å². The number of aryl methyl sites for hydroxylation is 1. The van der Waals surface area contributed by atoms with Crippen molar-refractivity contribution in [2.45, 2.75) is 32.6 Å². The van der Waals surface area contributed by atoms with Gasteiger partial charge in [-0.15, -0.1) is 0 Å². The molecule has 1 aromatic heterocycles. The van der Waals surface area contributed by atoms with Crippen molar-refractivity contribution >= 4 is 5.82 Å². The molecule has 1 saturated carbocycles. The molecule has 0 saturated heterocycles. The van der Waals surface area contributed by atoms with E-state index in [1.165, 1.54) is 18.4 Å². The van der Waals surface area contributed by atoms with E-state index in [-0.39, 0.29) is 0 Å². The van der Waals surface area contributed by atoms with Crippen molar-refractivity contribution in [3.05, 3.63) is 41.7 Å². The molecule has 0 atom stereocenters. The number of anilines is 1. The van der Waals surface area contributed by atoms with Crippen molar-refractivity contribution in [1.29, 1.82) is 0 Å². The minimum atomic E-state index is 0.572. The zero-order valence-electron chi connectivity index (χ0n) is 11.5. The molecule has 1 aliphatic rings. The molecule has 0 unspecified atom stereocenters. The summed E-state index contributed by atoms with van der Waals surface area (Å²) in [5.74, 6) is 2.51. The second-order valence-corrected chi connectivity index (χ2v) is 5.17. The fourth-order valence-corrected chi connectivity index (χ4v) is 2.13. The van der Waals surface area contributed by atoms with E-state index in [4.69, 9.17) is 4.98 Å². The van der Waals surface area contributed by atoms with Crippen LogP contribution in [0, 0.1) is 6.92 Å². The average Bonchev–Trinajstić information content (AvgIpc) is 3.24. The Kier molecular flexibility index (Phi) is 3.20. The second-order valence-electron chi connectivity index (χ2n) is 5.17. The molecule has 2 aromatic rings. The first kappa shape index (κ1) is 12.2. The second kappa shape index (κ2) is 5.00. The summed E-state index contributed by atoms with van der Waals surface area (Å²) in [5, 5.41) is 3.30. The Morgan fingerprint density at radius 2 is 1.89 bits per heavy atom. The predicted molar refractivity (Wildman–Crippen MR) is 78.3 cm³/mol. The normalized spacial score (nSPS) is 14.4. The minimum Gasteiger partial charge on any atom is -0.370 e. The van der Waals surface area contributed by atoms with Gasteiger partial charge in [0.1, 0.15) is 11.6 Å². The highest BCUT2D eigenvalue weighted by molar-refractivity contribution is 5.63. The largest absolute Gasteiger partial charge is 0.370 e. The molecule has 98 valence electrons. The highest BCUT2D eigenvalue weighted by atomic mass is 15.0. The summed E-state index contributed by atoms with van der Waals surface area (Å²) in [6, 6.07) is 10.6. The van der Waals surface area contributed by atoms with Gasteiger partial charge in [0.2, 0.25) is 0 Å². The maximum atomic E-state index is 4.73. The molecule has 0 spiro atoms. The van der Waals surface area contributed by atoms with Crippen LogP contribution >= 0.6 is 0 Å². The molecule has 19 heavy (non-hydrogen) atoms. The lowest BCUT2D eigenvalue weighted by molar-refractivity contribution is 0.927. The van der Waals surface area contributed by atoms with Gasteiger partial charge in [0.15, 0.2) is 0 Å². The number of benzene rings is 1. The Balaban J connectivity index is 2.01. The lowest BCUT2D eigenvalue weighted by Crippen LogP contribution is -2.04. The molecule has 3 heteroatoms. The van der Waals surface area contributed by atoms with E-state index in [0.717, 1.165) is 29.4 Å². The van der Waals surface area contributed by atoms with Gasteiger partial charge in [0.25, 0.3) is 0 Å². The van der Waals surface area contributed by atoms with Gasteiger partial charge in [-0.05, 0) is 26.7 Å². The van der Waals surface area contributed by atoms with Crippen molar-refractivity contribution in [3.63, 3.8) is 0 Å². The van der Waals surface area contributed by atoms with Crippen molar-refractivity contribution in [2.24, 2.45) is 0 Å². The molecule has 0 radical (unpaired) electrons. The number of nitrogens with one attached hydrogen (secondary N) is 1. The van der Waals surface area contributed by atoms with Gasteiger partial charge in [-0.3, -0.25) is 0 Å².